The lowest BCUT2D eigenvalue weighted by Crippen LogP contribution is -2.27. The van der Waals surface area contributed by atoms with Gasteiger partial charge in [-0.1, -0.05) is 18.2 Å². The van der Waals surface area contributed by atoms with Crippen LogP contribution < -0.4 is 21.1 Å². The minimum absolute atomic E-state index is 0.218. The van der Waals surface area contributed by atoms with E-state index in [-0.39, 0.29) is 30.7 Å². The molecule has 0 aliphatic heterocycles. The van der Waals surface area contributed by atoms with Gasteiger partial charge in [0.2, 0.25) is 0 Å². The minimum Gasteiger partial charge on any atom is -0.492 e. The minimum atomic E-state index is -0.335. The van der Waals surface area contributed by atoms with E-state index in [0.717, 1.165) is 16.6 Å². The molecule has 0 atom stereocenters. The maximum atomic E-state index is 12.6. The van der Waals surface area contributed by atoms with Gasteiger partial charge >= 0.3 is 0 Å². The van der Waals surface area contributed by atoms with Gasteiger partial charge in [-0.3, -0.25) is 9.59 Å². The summed E-state index contributed by atoms with van der Waals surface area (Å²) in [5.41, 5.74) is 9.83. The predicted octanol–water partition coefficient (Wildman–Crippen LogP) is 3.85. The fourth-order valence-electron chi connectivity index (χ4n) is 3.81. The zero-order chi connectivity index (χ0) is 26.3. The van der Waals surface area contributed by atoms with Crippen molar-refractivity contribution in [3.8, 4) is 5.75 Å². The van der Waals surface area contributed by atoms with Crippen molar-refractivity contribution in [3.05, 3.63) is 108 Å². The molecule has 3 aromatic carbocycles. The highest BCUT2D eigenvalue weighted by atomic mass is 16.5. The van der Waals surface area contributed by atoms with Crippen LogP contribution in [0.1, 0.15) is 32.2 Å². The number of nitrogens with one attached hydrogen (secondary N) is 2. The number of nitrogens with zero attached hydrogens (tertiary/aromatic N) is 3. The Bertz CT molecular complexity index is 1570. The summed E-state index contributed by atoms with van der Waals surface area (Å²) in [6.07, 6.45) is 2.20. The summed E-state index contributed by atoms with van der Waals surface area (Å²) in [6.45, 7) is 0.520. The summed E-state index contributed by atoms with van der Waals surface area (Å²) >= 11 is 0. The van der Waals surface area contributed by atoms with Gasteiger partial charge in [-0.05, 0) is 71.4 Å². The average Bonchev–Trinajstić information content (AvgIpc) is 3.37. The zero-order valence-electron chi connectivity index (χ0n) is 20.3. The van der Waals surface area contributed by atoms with Crippen LogP contribution in [0.5, 0.6) is 5.75 Å². The Balaban J connectivity index is 1.10. The molecule has 10 heteroatoms. The van der Waals surface area contributed by atoms with E-state index >= 15 is 0 Å². The van der Waals surface area contributed by atoms with Crippen LogP contribution in [0.4, 0.5) is 11.4 Å². The number of nitrogens with two attached hydrogens (primary N) is 1. The number of fused-ring (bicyclic) bond motifs is 1. The molecular weight excluding hydrogens is 484 g/mol. The first-order chi connectivity index (χ1) is 18.5. The van der Waals surface area contributed by atoms with Crippen molar-refractivity contribution in [2.75, 3.05) is 24.2 Å². The number of ether oxygens (including phenoxy) is 1. The standard InChI is InChI=1S/C28H24N6O4/c29-23-3-1-2-4-24(23)32-27(35)19-6-8-22(9-7-19)37-14-13-30-28(36)26-17-20-15-18(5-10-25(20)38-26)16-21-11-12-31-34-33-21/h1-12,15,17H,13-14,16,29H2,(H,30,36)(H,32,35). The Labute approximate surface area is 217 Å². The van der Waals surface area contributed by atoms with E-state index in [1.807, 2.05) is 18.2 Å². The molecule has 0 aliphatic rings. The van der Waals surface area contributed by atoms with Crippen molar-refractivity contribution in [1.82, 2.24) is 20.7 Å². The van der Waals surface area contributed by atoms with Crippen LogP contribution in [0.2, 0.25) is 0 Å². The third-order valence-corrected chi connectivity index (χ3v) is 5.73. The summed E-state index contributed by atoms with van der Waals surface area (Å²) in [5, 5.41) is 17.7. The summed E-state index contributed by atoms with van der Waals surface area (Å²) in [7, 11) is 0. The maximum absolute atomic E-state index is 12.6. The van der Waals surface area contributed by atoms with Gasteiger partial charge in [0.25, 0.3) is 11.8 Å². The number of carbonyl (C=O) groups excluding carboxylic acids is 2. The van der Waals surface area contributed by atoms with Crippen LogP contribution in [0, 0.1) is 0 Å². The topological polar surface area (TPSA) is 145 Å². The van der Waals surface area contributed by atoms with Gasteiger partial charge < -0.3 is 25.5 Å². The zero-order valence-corrected chi connectivity index (χ0v) is 20.3. The molecular formula is C28H24N6O4. The molecule has 0 radical (unpaired) electrons. The number of aromatic nitrogens is 3. The van der Waals surface area contributed by atoms with E-state index in [9.17, 15) is 9.59 Å². The highest BCUT2D eigenvalue weighted by Crippen LogP contribution is 2.22. The van der Waals surface area contributed by atoms with Crippen molar-refractivity contribution in [3.63, 3.8) is 0 Å². The van der Waals surface area contributed by atoms with Crippen LogP contribution in [-0.2, 0) is 6.42 Å². The van der Waals surface area contributed by atoms with E-state index < -0.39 is 0 Å². The number of para-hydroxylation sites is 2. The fourth-order valence-corrected chi connectivity index (χ4v) is 3.81. The molecule has 0 fully saturated rings. The van der Waals surface area contributed by atoms with E-state index in [1.54, 1.807) is 66.9 Å². The molecule has 0 bridgehead atoms. The molecule has 10 nitrogen and oxygen atoms in total. The quantitative estimate of drug-likeness (QED) is 0.201. The normalized spacial score (nSPS) is 10.7. The molecule has 4 N–H and O–H groups in total. The lowest BCUT2D eigenvalue weighted by atomic mass is 10.1. The second kappa shape index (κ2) is 11.2. The van der Waals surface area contributed by atoms with Crippen LogP contribution in [0.25, 0.3) is 11.0 Å². The van der Waals surface area contributed by atoms with Crippen molar-refractivity contribution in [2.24, 2.45) is 0 Å². The van der Waals surface area contributed by atoms with Crippen LogP contribution in [-0.4, -0.2) is 40.4 Å². The number of hydrogen-bond acceptors (Lipinski definition) is 8. The van der Waals surface area contributed by atoms with E-state index in [4.69, 9.17) is 14.9 Å². The smallest absolute Gasteiger partial charge is 0.287 e. The molecule has 38 heavy (non-hydrogen) atoms. The highest BCUT2D eigenvalue weighted by molar-refractivity contribution is 6.05. The lowest BCUT2D eigenvalue weighted by molar-refractivity contribution is 0.0921. The fraction of sp³-hybridized carbons (Fsp3) is 0.107. The molecule has 0 aliphatic carbocycles. The predicted molar refractivity (Wildman–Crippen MR) is 142 cm³/mol. The van der Waals surface area contributed by atoms with Crippen molar-refractivity contribution in [1.29, 1.82) is 0 Å². The molecule has 0 unspecified atom stereocenters. The molecule has 2 amide bonds. The summed E-state index contributed by atoms with van der Waals surface area (Å²) in [5.74, 6) is 0.185. The van der Waals surface area contributed by atoms with Gasteiger partial charge in [0.1, 0.15) is 17.9 Å². The molecule has 0 saturated heterocycles. The molecule has 2 heterocycles. The van der Waals surface area contributed by atoms with Crippen molar-refractivity contribution >= 4 is 34.2 Å². The number of rotatable bonds is 9. The van der Waals surface area contributed by atoms with Gasteiger partial charge in [-0.15, -0.1) is 10.2 Å². The van der Waals surface area contributed by atoms with Crippen LogP contribution in [0.15, 0.2) is 89.5 Å². The average molecular weight is 509 g/mol. The van der Waals surface area contributed by atoms with E-state index in [1.165, 1.54) is 0 Å². The second-order valence-corrected chi connectivity index (χ2v) is 8.44. The number of anilines is 2. The molecule has 0 spiro atoms. The number of amides is 2. The van der Waals surface area contributed by atoms with Gasteiger partial charge in [-0.25, -0.2) is 0 Å². The Kier molecular flexibility index (Phi) is 7.21. The Morgan fingerprint density at radius 2 is 1.79 bits per heavy atom. The van der Waals surface area contributed by atoms with Gasteiger partial charge in [-0.2, -0.15) is 0 Å². The third-order valence-electron chi connectivity index (χ3n) is 5.73. The van der Waals surface area contributed by atoms with Crippen LogP contribution >= 0.6 is 0 Å². The van der Waals surface area contributed by atoms with E-state index in [2.05, 4.69) is 26.0 Å². The van der Waals surface area contributed by atoms with Gasteiger partial charge in [0.15, 0.2) is 5.76 Å². The number of carbonyl (C=O) groups is 2. The molecule has 0 saturated carbocycles. The molecule has 190 valence electrons. The first-order valence-corrected chi connectivity index (χ1v) is 11.9. The van der Waals surface area contributed by atoms with Crippen LogP contribution in [0.3, 0.4) is 0 Å². The first-order valence-electron chi connectivity index (χ1n) is 11.9. The number of benzene rings is 3. The Morgan fingerprint density at radius 3 is 2.58 bits per heavy atom. The summed E-state index contributed by atoms with van der Waals surface area (Å²) < 4.78 is 11.4. The molecule has 5 aromatic rings. The Hall–Kier alpha value is -5.25. The number of furan rings is 1. The monoisotopic (exact) mass is 508 g/mol. The maximum Gasteiger partial charge on any atom is 0.287 e. The highest BCUT2D eigenvalue weighted by Gasteiger charge is 2.13. The van der Waals surface area contributed by atoms with Gasteiger partial charge in [0, 0.05) is 17.4 Å². The SMILES string of the molecule is Nc1ccccc1NC(=O)c1ccc(OCCNC(=O)c2cc3cc(Cc4ccnnn4)ccc3o2)cc1. The van der Waals surface area contributed by atoms with Crippen molar-refractivity contribution < 1.29 is 18.7 Å². The summed E-state index contributed by atoms with van der Waals surface area (Å²) in [4.78, 5) is 25.0. The number of hydrogen-bond donors (Lipinski definition) is 3. The first kappa shape index (κ1) is 24.4. The van der Waals surface area contributed by atoms with E-state index in [0.29, 0.717) is 34.7 Å². The second-order valence-electron chi connectivity index (χ2n) is 8.44. The number of nitrogen functional groups attached to an aromatic ring is 1. The lowest BCUT2D eigenvalue weighted by Gasteiger charge is -2.09. The summed E-state index contributed by atoms with van der Waals surface area (Å²) in [6, 6.07) is 23.0. The third kappa shape index (κ3) is 5.93. The van der Waals surface area contributed by atoms with Crippen molar-refractivity contribution in [2.45, 2.75) is 6.42 Å². The largest absolute Gasteiger partial charge is 0.492 e. The molecule has 5 rings (SSSR count). The Morgan fingerprint density at radius 1 is 0.947 bits per heavy atom. The van der Waals surface area contributed by atoms with Gasteiger partial charge in [0.05, 0.1) is 29.8 Å². The molecule has 2 aromatic heterocycles.